The summed E-state index contributed by atoms with van der Waals surface area (Å²) in [5.74, 6) is -0.872. The maximum Gasteiger partial charge on any atom is 0.310 e. The molecule has 1 aliphatic rings. The fourth-order valence-corrected chi connectivity index (χ4v) is 2.50. The highest BCUT2D eigenvalue weighted by atomic mass is 16.5. The van der Waals surface area contributed by atoms with Crippen LogP contribution in [0, 0.1) is 5.92 Å². The van der Waals surface area contributed by atoms with Crippen LogP contribution in [0.15, 0.2) is 24.3 Å². The fourth-order valence-electron chi connectivity index (χ4n) is 2.50. The quantitative estimate of drug-likeness (QED) is 0.884. The van der Waals surface area contributed by atoms with Crippen LogP contribution in [0.2, 0.25) is 0 Å². The Labute approximate surface area is 129 Å². The number of benzene rings is 1. The van der Waals surface area contributed by atoms with Crippen LogP contribution in [0.3, 0.4) is 0 Å². The molecule has 0 aromatic heterocycles. The Balaban J connectivity index is 1.94. The Morgan fingerprint density at radius 1 is 1.41 bits per heavy atom. The molecular formula is C16H21NO5. The Morgan fingerprint density at radius 3 is 2.91 bits per heavy atom. The zero-order valence-electron chi connectivity index (χ0n) is 12.7. The molecule has 1 amide bonds. The molecule has 1 N–H and O–H groups in total. The number of carbonyl (C=O) groups is 2. The molecule has 0 radical (unpaired) electrons. The van der Waals surface area contributed by atoms with Crippen LogP contribution in [0.25, 0.3) is 0 Å². The molecule has 1 saturated heterocycles. The largest absolute Gasteiger partial charge is 0.496 e. The maximum absolute atomic E-state index is 12.3. The first-order valence-electron chi connectivity index (χ1n) is 7.32. The number of rotatable bonds is 5. The first kappa shape index (κ1) is 16.3. The monoisotopic (exact) mass is 307 g/mol. The Hall–Kier alpha value is -2.08. The third-order valence-corrected chi connectivity index (χ3v) is 3.77. The predicted octanol–water partition coefficient (Wildman–Crippen LogP) is 1.19. The highest BCUT2D eigenvalue weighted by molar-refractivity contribution is 5.78. The lowest BCUT2D eigenvalue weighted by molar-refractivity contribution is -0.144. The Morgan fingerprint density at radius 2 is 2.18 bits per heavy atom. The number of nitrogens with zero attached hydrogens (tertiary/aromatic N) is 1. The van der Waals surface area contributed by atoms with Crippen molar-refractivity contribution in [1.29, 1.82) is 0 Å². The first-order valence-corrected chi connectivity index (χ1v) is 7.32. The van der Waals surface area contributed by atoms with Gasteiger partial charge in [-0.25, -0.2) is 0 Å². The van der Waals surface area contributed by atoms with E-state index in [0.29, 0.717) is 26.0 Å². The molecule has 1 aromatic rings. The number of aryl methyl sites for hydroxylation is 1. The normalized spacial score (nSPS) is 18.6. The van der Waals surface area contributed by atoms with E-state index in [9.17, 15) is 9.59 Å². The number of para-hydroxylation sites is 1. The SMILES string of the molecule is COc1ccccc1CCC(=O)N1CCOCC(C(=O)O)C1. The Bertz CT molecular complexity index is 531. The third kappa shape index (κ3) is 4.21. The highest BCUT2D eigenvalue weighted by Crippen LogP contribution is 2.19. The number of carboxylic acids is 1. The number of hydrogen-bond acceptors (Lipinski definition) is 4. The smallest absolute Gasteiger partial charge is 0.310 e. The van der Waals surface area contributed by atoms with Crippen molar-refractivity contribution in [2.45, 2.75) is 12.8 Å². The predicted molar refractivity (Wildman–Crippen MR) is 79.8 cm³/mol. The summed E-state index contributed by atoms with van der Waals surface area (Å²) in [5, 5.41) is 9.10. The van der Waals surface area contributed by atoms with E-state index in [1.807, 2.05) is 24.3 Å². The van der Waals surface area contributed by atoms with Crippen molar-refractivity contribution >= 4 is 11.9 Å². The fraction of sp³-hybridized carbons (Fsp3) is 0.500. The van der Waals surface area contributed by atoms with Gasteiger partial charge in [0.2, 0.25) is 5.91 Å². The second-order valence-corrected chi connectivity index (χ2v) is 5.26. The van der Waals surface area contributed by atoms with E-state index in [4.69, 9.17) is 14.6 Å². The minimum atomic E-state index is -0.926. The molecule has 6 heteroatoms. The van der Waals surface area contributed by atoms with Crippen molar-refractivity contribution in [1.82, 2.24) is 4.90 Å². The average molecular weight is 307 g/mol. The van der Waals surface area contributed by atoms with Crippen molar-refractivity contribution in [3.05, 3.63) is 29.8 Å². The number of methoxy groups -OCH3 is 1. The second kappa shape index (κ2) is 7.79. The van der Waals surface area contributed by atoms with Crippen molar-refractivity contribution < 1.29 is 24.2 Å². The lowest BCUT2D eigenvalue weighted by Crippen LogP contribution is -2.38. The molecule has 1 atom stereocenters. The minimum absolute atomic E-state index is 0.0531. The summed E-state index contributed by atoms with van der Waals surface area (Å²) in [6.45, 7) is 1.18. The standard InChI is InChI=1S/C16H21NO5/c1-21-14-5-3-2-4-12(14)6-7-15(18)17-8-9-22-11-13(10-17)16(19)20/h2-5,13H,6-11H2,1H3,(H,19,20). The van der Waals surface area contributed by atoms with Crippen molar-refractivity contribution in [3.63, 3.8) is 0 Å². The summed E-state index contributed by atoms with van der Waals surface area (Å²) in [6, 6.07) is 7.58. The van der Waals surface area contributed by atoms with Crippen LogP contribution in [-0.2, 0) is 20.7 Å². The van der Waals surface area contributed by atoms with Crippen molar-refractivity contribution in [2.24, 2.45) is 5.92 Å². The molecule has 0 aliphatic carbocycles. The van der Waals surface area contributed by atoms with Gasteiger partial charge in [-0.1, -0.05) is 18.2 Å². The molecule has 0 bridgehead atoms. The van der Waals surface area contributed by atoms with Gasteiger partial charge in [-0.15, -0.1) is 0 Å². The molecule has 1 fully saturated rings. The summed E-state index contributed by atoms with van der Waals surface area (Å²) in [5.41, 5.74) is 0.971. The number of ether oxygens (including phenoxy) is 2. The van der Waals surface area contributed by atoms with Gasteiger partial charge in [0.1, 0.15) is 5.75 Å². The minimum Gasteiger partial charge on any atom is -0.496 e. The first-order chi connectivity index (χ1) is 10.6. The summed E-state index contributed by atoms with van der Waals surface area (Å²) in [6.07, 6.45) is 0.894. The van der Waals surface area contributed by atoms with Gasteiger partial charge in [0.25, 0.3) is 0 Å². The second-order valence-electron chi connectivity index (χ2n) is 5.26. The van der Waals surface area contributed by atoms with Crippen LogP contribution in [-0.4, -0.2) is 55.3 Å². The third-order valence-electron chi connectivity index (χ3n) is 3.77. The molecule has 6 nitrogen and oxygen atoms in total. The average Bonchev–Trinajstić information content (AvgIpc) is 2.79. The van der Waals surface area contributed by atoms with Gasteiger partial charge in [0.05, 0.1) is 26.2 Å². The van der Waals surface area contributed by atoms with Gasteiger partial charge in [-0.3, -0.25) is 9.59 Å². The van der Waals surface area contributed by atoms with Gasteiger partial charge < -0.3 is 19.5 Å². The van der Waals surface area contributed by atoms with Crippen LogP contribution < -0.4 is 4.74 Å². The summed E-state index contributed by atoms with van der Waals surface area (Å²) in [4.78, 5) is 25.0. The van der Waals surface area contributed by atoms with Gasteiger partial charge in [-0.05, 0) is 18.1 Å². The molecule has 1 heterocycles. The summed E-state index contributed by atoms with van der Waals surface area (Å²) < 4.78 is 10.5. The van der Waals surface area contributed by atoms with E-state index in [-0.39, 0.29) is 19.1 Å². The van der Waals surface area contributed by atoms with E-state index >= 15 is 0 Å². The lowest BCUT2D eigenvalue weighted by Gasteiger charge is -2.22. The van der Waals surface area contributed by atoms with E-state index < -0.39 is 11.9 Å². The maximum atomic E-state index is 12.3. The van der Waals surface area contributed by atoms with Crippen LogP contribution >= 0.6 is 0 Å². The molecule has 0 saturated carbocycles. The van der Waals surface area contributed by atoms with Gasteiger partial charge >= 0.3 is 5.97 Å². The van der Waals surface area contributed by atoms with E-state index in [1.165, 1.54) is 0 Å². The van der Waals surface area contributed by atoms with E-state index in [2.05, 4.69) is 0 Å². The van der Waals surface area contributed by atoms with Crippen molar-refractivity contribution in [3.8, 4) is 5.75 Å². The molecule has 1 aliphatic heterocycles. The molecule has 120 valence electrons. The molecule has 1 unspecified atom stereocenters. The Kier molecular flexibility index (Phi) is 5.77. The van der Waals surface area contributed by atoms with Gasteiger partial charge in [0, 0.05) is 19.5 Å². The van der Waals surface area contributed by atoms with Crippen LogP contribution in [0.4, 0.5) is 0 Å². The van der Waals surface area contributed by atoms with Crippen LogP contribution in [0.1, 0.15) is 12.0 Å². The number of carboxylic acid groups (broad SMARTS) is 1. The van der Waals surface area contributed by atoms with Crippen molar-refractivity contribution in [2.75, 3.05) is 33.4 Å². The topological polar surface area (TPSA) is 76.1 Å². The number of carbonyl (C=O) groups excluding carboxylic acids is 1. The van der Waals surface area contributed by atoms with E-state index in [0.717, 1.165) is 11.3 Å². The highest BCUT2D eigenvalue weighted by Gasteiger charge is 2.26. The van der Waals surface area contributed by atoms with Crippen LogP contribution in [0.5, 0.6) is 5.75 Å². The molecule has 2 rings (SSSR count). The van der Waals surface area contributed by atoms with Gasteiger partial charge in [-0.2, -0.15) is 0 Å². The zero-order chi connectivity index (χ0) is 15.9. The van der Waals surface area contributed by atoms with Gasteiger partial charge in [0.15, 0.2) is 0 Å². The summed E-state index contributed by atoms with van der Waals surface area (Å²) in [7, 11) is 1.60. The zero-order valence-corrected chi connectivity index (χ0v) is 12.7. The number of amides is 1. The lowest BCUT2D eigenvalue weighted by atomic mass is 10.1. The molecule has 1 aromatic carbocycles. The number of hydrogen-bond donors (Lipinski definition) is 1. The number of aliphatic carboxylic acids is 1. The summed E-state index contributed by atoms with van der Waals surface area (Å²) >= 11 is 0. The van der Waals surface area contributed by atoms with E-state index in [1.54, 1.807) is 12.0 Å². The molecular weight excluding hydrogens is 286 g/mol. The molecule has 22 heavy (non-hydrogen) atoms. The molecule has 0 spiro atoms.